The van der Waals surface area contributed by atoms with E-state index in [9.17, 15) is 0 Å². The molecule has 0 spiro atoms. The van der Waals surface area contributed by atoms with Gasteiger partial charge in [-0.05, 0) is 6.42 Å². The fraction of sp³-hybridized carbons (Fsp3) is 0.455. The Bertz CT molecular complexity index is 273. The van der Waals surface area contributed by atoms with Gasteiger partial charge in [-0.3, -0.25) is 0 Å². The maximum Gasteiger partial charge on any atom is 0.184 e. The van der Waals surface area contributed by atoms with Crippen LogP contribution < -0.4 is 0 Å². The fourth-order valence-electron chi connectivity index (χ4n) is 1.51. The molecule has 2 atom stereocenters. The summed E-state index contributed by atoms with van der Waals surface area (Å²) in [6, 6.07) is 9.78. The van der Waals surface area contributed by atoms with Crippen molar-refractivity contribution in [1.82, 2.24) is 0 Å². The van der Waals surface area contributed by atoms with E-state index in [1.54, 1.807) is 0 Å². The van der Waals surface area contributed by atoms with Gasteiger partial charge >= 0.3 is 0 Å². The average molecular weight is 194 g/mol. The van der Waals surface area contributed by atoms with Crippen molar-refractivity contribution in [3.63, 3.8) is 0 Å². The van der Waals surface area contributed by atoms with Crippen molar-refractivity contribution in [3.8, 4) is 0 Å². The number of benzene rings is 1. The van der Waals surface area contributed by atoms with Crippen molar-refractivity contribution in [2.75, 3.05) is 13.2 Å². The molecule has 0 aliphatic carbocycles. The Morgan fingerprint density at radius 1 is 1.29 bits per heavy atom. The van der Waals surface area contributed by atoms with E-state index in [1.807, 2.05) is 30.3 Å². The van der Waals surface area contributed by atoms with Crippen LogP contribution in [0.1, 0.15) is 18.3 Å². The number of ether oxygens (including phenoxy) is 2. The summed E-state index contributed by atoms with van der Waals surface area (Å²) < 4.78 is 11.0. The predicted octanol–water partition coefficient (Wildman–Crippen LogP) is 1.48. The molecule has 2 rings (SSSR count). The molecule has 1 aromatic rings. The van der Waals surface area contributed by atoms with Crippen molar-refractivity contribution in [2.24, 2.45) is 0 Å². The monoisotopic (exact) mass is 194 g/mol. The molecule has 1 aliphatic heterocycles. The predicted molar refractivity (Wildman–Crippen MR) is 51.7 cm³/mol. The van der Waals surface area contributed by atoms with Crippen LogP contribution in [0.25, 0.3) is 0 Å². The third kappa shape index (κ3) is 2.12. The number of aliphatic hydroxyl groups excluding tert-OH is 1. The van der Waals surface area contributed by atoms with Gasteiger partial charge in [-0.1, -0.05) is 30.3 Å². The summed E-state index contributed by atoms with van der Waals surface area (Å²) in [7, 11) is 0. The molecular weight excluding hydrogens is 180 g/mol. The zero-order chi connectivity index (χ0) is 9.80. The van der Waals surface area contributed by atoms with Gasteiger partial charge in [0, 0.05) is 5.56 Å². The summed E-state index contributed by atoms with van der Waals surface area (Å²) in [4.78, 5) is 0. The molecule has 1 heterocycles. The maximum absolute atomic E-state index is 8.98. The lowest BCUT2D eigenvalue weighted by molar-refractivity contribution is -0.224. The zero-order valence-electron chi connectivity index (χ0n) is 7.93. The number of rotatable bonds is 2. The Labute approximate surface area is 83.3 Å². The van der Waals surface area contributed by atoms with Crippen molar-refractivity contribution in [2.45, 2.75) is 18.8 Å². The topological polar surface area (TPSA) is 38.7 Å². The van der Waals surface area contributed by atoms with Gasteiger partial charge in [0.25, 0.3) is 0 Å². The Balaban J connectivity index is 2.04. The van der Waals surface area contributed by atoms with Gasteiger partial charge < -0.3 is 14.6 Å². The van der Waals surface area contributed by atoms with E-state index in [2.05, 4.69) is 0 Å². The minimum Gasteiger partial charge on any atom is -0.394 e. The summed E-state index contributed by atoms with van der Waals surface area (Å²) in [5.74, 6) is 0. The molecule has 0 bridgehead atoms. The van der Waals surface area contributed by atoms with Crippen LogP contribution in [0.3, 0.4) is 0 Å². The third-order valence-corrected chi connectivity index (χ3v) is 2.30. The lowest BCUT2D eigenvalue weighted by Gasteiger charge is -2.29. The van der Waals surface area contributed by atoms with Gasteiger partial charge in [-0.2, -0.15) is 0 Å². The molecule has 3 heteroatoms. The minimum atomic E-state index is -0.318. The first kappa shape index (κ1) is 9.65. The van der Waals surface area contributed by atoms with Gasteiger partial charge in [-0.15, -0.1) is 0 Å². The first-order valence-electron chi connectivity index (χ1n) is 4.83. The van der Waals surface area contributed by atoms with Gasteiger partial charge in [0.05, 0.1) is 19.3 Å². The lowest BCUT2D eigenvalue weighted by atomic mass is 10.2. The van der Waals surface area contributed by atoms with Crippen LogP contribution in [-0.2, 0) is 9.47 Å². The van der Waals surface area contributed by atoms with E-state index in [-0.39, 0.29) is 19.0 Å². The molecule has 0 radical (unpaired) electrons. The molecule has 0 saturated carbocycles. The summed E-state index contributed by atoms with van der Waals surface area (Å²) in [5, 5.41) is 8.98. The van der Waals surface area contributed by atoms with E-state index in [4.69, 9.17) is 14.6 Å². The van der Waals surface area contributed by atoms with E-state index in [1.165, 1.54) is 0 Å². The number of aliphatic hydroxyl groups is 1. The molecule has 0 amide bonds. The molecule has 0 aromatic heterocycles. The Morgan fingerprint density at radius 3 is 2.79 bits per heavy atom. The quantitative estimate of drug-likeness (QED) is 0.775. The Morgan fingerprint density at radius 2 is 2.07 bits per heavy atom. The molecule has 76 valence electrons. The van der Waals surface area contributed by atoms with Crippen LogP contribution in [0.2, 0.25) is 0 Å². The van der Waals surface area contributed by atoms with Crippen molar-refractivity contribution in [1.29, 1.82) is 0 Å². The van der Waals surface area contributed by atoms with Crippen molar-refractivity contribution < 1.29 is 14.6 Å². The first-order valence-corrected chi connectivity index (χ1v) is 4.83. The lowest BCUT2D eigenvalue weighted by Crippen LogP contribution is -2.29. The van der Waals surface area contributed by atoms with E-state index in [0.29, 0.717) is 6.61 Å². The molecule has 3 nitrogen and oxygen atoms in total. The molecule has 1 fully saturated rings. The molecule has 1 saturated heterocycles. The largest absolute Gasteiger partial charge is 0.394 e. The smallest absolute Gasteiger partial charge is 0.184 e. The SMILES string of the molecule is OC[C@@H]1CCO[C@H](c2ccccc2)O1. The highest BCUT2D eigenvalue weighted by molar-refractivity contribution is 5.16. The molecular formula is C11H14O3. The van der Waals surface area contributed by atoms with Crippen LogP contribution >= 0.6 is 0 Å². The second-order valence-electron chi connectivity index (χ2n) is 3.34. The normalized spacial score (nSPS) is 27.5. The van der Waals surface area contributed by atoms with Gasteiger partial charge in [-0.25, -0.2) is 0 Å². The van der Waals surface area contributed by atoms with Crippen molar-refractivity contribution in [3.05, 3.63) is 35.9 Å². The van der Waals surface area contributed by atoms with Crippen molar-refractivity contribution >= 4 is 0 Å². The molecule has 0 unspecified atom stereocenters. The summed E-state index contributed by atoms with van der Waals surface area (Å²) in [6.45, 7) is 0.706. The highest BCUT2D eigenvalue weighted by atomic mass is 16.7. The fourth-order valence-corrected chi connectivity index (χ4v) is 1.51. The average Bonchev–Trinajstić information content (AvgIpc) is 2.30. The molecule has 1 aliphatic rings. The van der Waals surface area contributed by atoms with E-state index < -0.39 is 0 Å². The number of hydrogen-bond donors (Lipinski definition) is 1. The second-order valence-corrected chi connectivity index (χ2v) is 3.34. The summed E-state index contributed by atoms with van der Waals surface area (Å²) in [5.41, 5.74) is 1.01. The second kappa shape index (κ2) is 4.55. The van der Waals surface area contributed by atoms with Crippen LogP contribution in [-0.4, -0.2) is 24.4 Å². The third-order valence-electron chi connectivity index (χ3n) is 2.30. The van der Waals surface area contributed by atoms with Gasteiger partial charge in [0.15, 0.2) is 6.29 Å². The summed E-state index contributed by atoms with van der Waals surface area (Å²) >= 11 is 0. The molecule has 1 aromatic carbocycles. The molecule has 1 N–H and O–H groups in total. The van der Waals surface area contributed by atoms with Crippen LogP contribution in [0.5, 0.6) is 0 Å². The van der Waals surface area contributed by atoms with Gasteiger partial charge in [0.1, 0.15) is 0 Å². The number of hydrogen-bond acceptors (Lipinski definition) is 3. The minimum absolute atomic E-state index is 0.0622. The standard InChI is InChI=1S/C11H14O3/c12-8-10-6-7-13-11(14-10)9-4-2-1-3-5-9/h1-5,10-12H,6-8H2/t10-,11-/m0/s1. The van der Waals surface area contributed by atoms with E-state index in [0.717, 1.165) is 12.0 Å². The van der Waals surface area contributed by atoms with Gasteiger partial charge in [0.2, 0.25) is 0 Å². The van der Waals surface area contributed by atoms with Crippen LogP contribution in [0, 0.1) is 0 Å². The first-order chi connectivity index (χ1) is 6.90. The Hall–Kier alpha value is -0.900. The highest BCUT2D eigenvalue weighted by Gasteiger charge is 2.23. The summed E-state index contributed by atoms with van der Waals surface area (Å²) in [6.07, 6.45) is 0.357. The highest BCUT2D eigenvalue weighted by Crippen LogP contribution is 2.25. The molecule has 14 heavy (non-hydrogen) atoms. The van der Waals surface area contributed by atoms with Crippen LogP contribution in [0.4, 0.5) is 0 Å². The zero-order valence-corrected chi connectivity index (χ0v) is 7.93. The van der Waals surface area contributed by atoms with Crippen LogP contribution in [0.15, 0.2) is 30.3 Å². The Kier molecular flexibility index (Phi) is 3.14. The maximum atomic E-state index is 8.98. The van der Waals surface area contributed by atoms with E-state index >= 15 is 0 Å².